The summed E-state index contributed by atoms with van der Waals surface area (Å²) in [5.74, 6) is -0.272. The van der Waals surface area contributed by atoms with Gasteiger partial charge in [0.1, 0.15) is 0 Å². The van der Waals surface area contributed by atoms with E-state index >= 15 is 0 Å². The molecule has 0 radical (unpaired) electrons. The highest BCUT2D eigenvalue weighted by Gasteiger charge is 2.23. The zero-order chi connectivity index (χ0) is 12.2. The van der Waals surface area contributed by atoms with Gasteiger partial charge in [0, 0.05) is 7.11 Å². The fraction of sp³-hybridized carbons (Fsp3) is 0.700. The standard InChI is InChI=1S/C10H16N2O4/c1-5-15-9(13)8-11-7(16-12-8)6-10(2,3)14-4/h5-6H2,1-4H3. The summed E-state index contributed by atoms with van der Waals surface area (Å²) in [5, 5.41) is 3.54. The van der Waals surface area contributed by atoms with Crippen LogP contribution in [-0.4, -0.2) is 35.4 Å². The number of hydrogen-bond acceptors (Lipinski definition) is 6. The molecular weight excluding hydrogens is 212 g/mol. The average molecular weight is 228 g/mol. The number of esters is 1. The van der Waals surface area contributed by atoms with Crippen LogP contribution in [0, 0.1) is 0 Å². The van der Waals surface area contributed by atoms with Crippen molar-refractivity contribution in [2.75, 3.05) is 13.7 Å². The van der Waals surface area contributed by atoms with E-state index in [4.69, 9.17) is 14.0 Å². The quantitative estimate of drug-likeness (QED) is 0.705. The monoisotopic (exact) mass is 228 g/mol. The molecule has 0 saturated carbocycles. The minimum Gasteiger partial charge on any atom is -0.460 e. The lowest BCUT2D eigenvalue weighted by Gasteiger charge is -2.19. The number of carbonyl (C=O) groups excluding carboxylic acids is 1. The molecule has 16 heavy (non-hydrogen) atoms. The van der Waals surface area contributed by atoms with Gasteiger partial charge in [-0.15, -0.1) is 0 Å². The number of ether oxygens (including phenoxy) is 2. The number of carbonyl (C=O) groups is 1. The Bertz CT molecular complexity index is 359. The van der Waals surface area contributed by atoms with Gasteiger partial charge < -0.3 is 14.0 Å². The number of nitrogens with zero attached hydrogens (tertiary/aromatic N) is 2. The molecule has 0 unspecified atom stereocenters. The SMILES string of the molecule is CCOC(=O)c1noc(CC(C)(C)OC)n1. The summed E-state index contributed by atoms with van der Waals surface area (Å²) in [6, 6.07) is 0. The molecule has 1 aromatic heterocycles. The number of aromatic nitrogens is 2. The van der Waals surface area contributed by atoms with Gasteiger partial charge in [-0.2, -0.15) is 4.98 Å². The summed E-state index contributed by atoms with van der Waals surface area (Å²) in [6.45, 7) is 5.78. The maximum absolute atomic E-state index is 11.3. The predicted octanol–water partition coefficient (Wildman–Crippen LogP) is 1.21. The van der Waals surface area contributed by atoms with E-state index in [-0.39, 0.29) is 12.4 Å². The van der Waals surface area contributed by atoms with Crippen LogP contribution in [0.25, 0.3) is 0 Å². The van der Waals surface area contributed by atoms with Crippen molar-refractivity contribution in [2.24, 2.45) is 0 Å². The van der Waals surface area contributed by atoms with Gasteiger partial charge in [-0.25, -0.2) is 4.79 Å². The summed E-state index contributed by atoms with van der Waals surface area (Å²) < 4.78 is 14.9. The Morgan fingerprint density at radius 3 is 2.75 bits per heavy atom. The predicted molar refractivity (Wildman–Crippen MR) is 55.0 cm³/mol. The Labute approximate surface area is 93.9 Å². The molecule has 0 atom stereocenters. The third-order valence-corrected chi connectivity index (χ3v) is 2.06. The summed E-state index contributed by atoms with van der Waals surface area (Å²) in [4.78, 5) is 15.2. The first-order chi connectivity index (χ1) is 7.48. The van der Waals surface area contributed by atoms with Crippen LogP contribution in [0.5, 0.6) is 0 Å². The van der Waals surface area contributed by atoms with Crippen molar-refractivity contribution in [3.63, 3.8) is 0 Å². The zero-order valence-corrected chi connectivity index (χ0v) is 9.94. The largest absolute Gasteiger partial charge is 0.460 e. The molecular formula is C10H16N2O4. The van der Waals surface area contributed by atoms with Crippen LogP contribution < -0.4 is 0 Å². The van der Waals surface area contributed by atoms with Crippen LogP contribution in [-0.2, 0) is 15.9 Å². The molecule has 0 aliphatic rings. The van der Waals surface area contributed by atoms with E-state index in [0.717, 1.165) is 0 Å². The topological polar surface area (TPSA) is 74.5 Å². The highest BCUT2D eigenvalue weighted by Crippen LogP contribution is 2.14. The van der Waals surface area contributed by atoms with E-state index in [1.165, 1.54) is 0 Å². The summed E-state index contributed by atoms with van der Waals surface area (Å²) >= 11 is 0. The molecule has 0 aliphatic carbocycles. The first-order valence-corrected chi connectivity index (χ1v) is 5.03. The van der Waals surface area contributed by atoms with E-state index in [1.807, 2.05) is 13.8 Å². The Kier molecular flexibility index (Phi) is 4.00. The zero-order valence-electron chi connectivity index (χ0n) is 9.94. The van der Waals surface area contributed by atoms with Crippen molar-refractivity contribution in [3.8, 4) is 0 Å². The van der Waals surface area contributed by atoms with Gasteiger partial charge in [-0.3, -0.25) is 0 Å². The highest BCUT2D eigenvalue weighted by atomic mass is 16.5. The Morgan fingerprint density at radius 2 is 2.19 bits per heavy atom. The summed E-state index contributed by atoms with van der Waals surface area (Å²) in [5.41, 5.74) is -0.404. The third-order valence-electron chi connectivity index (χ3n) is 2.06. The Balaban J connectivity index is 2.68. The molecule has 6 heteroatoms. The first kappa shape index (κ1) is 12.6. The second kappa shape index (κ2) is 5.07. The molecule has 0 aromatic carbocycles. The fourth-order valence-electron chi connectivity index (χ4n) is 1.04. The van der Waals surface area contributed by atoms with Gasteiger partial charge >= 0.3 is 5.97 Å². The second-order valence-electron chi connectivity index (χ2n) is 3.87. The number of hydrogen-bond donors (Lipinski definition) is 0. The molecule has 0 aliphatic heterocycles. The van der Waals surface area contributed by atoms with Crippen molar-refractivity contribution in [3.05, 3.63) is 11.7 Å². The maximum Gasteiger partial charge on any atom is 0.379 e. The van der Waals surface area contributed by atoms with Crippen molar-refractivity contribution in [1.29, 1.82) is 0 Å². The van der Waals surface area contributed by atoms with Gasteiger partial charge in [0.2, 0.25) is 5.89 Å². The molecule has 90 valence electrons. The number of rotatable bonds is 5. The lowest BCUT2D eigenvalue weighted by Crippen LogP contribution is -2.25. The van der Waals surface area contributed by atoms with Crippen molar-refractivity contribution in [1.82, 2.24) is 10.1 Å². The number of methoxy groups -OCH3 is 1. The molecule has 0 saturated heterocycles. The van der Waals surface area contributed by atoms with Crippen LogP contribution in [0.3, 0.4) is 0 Å². The van der Waals surface area contributed by atoms with Gasteiger partial charge in [0.05, 0.1) is 18.6 Å². The van der Waals surface area contributed by atoms with E-state index < -0.39 is 11.6 Å². The normalized spacial score (nSPS) is 11.5. The lowest BCUT2D eigenvalue weighted by molar-refractivity contribution is 0.0170. The molecule has 1 heterocycles. The molecule has 0 fully saturated rings. The fourth-order valence-corrected chi connectivity index (χ4v) is 1.04. The van der Waals surface area contributed by atoms with Crippen LogP contribution in [0.1, 0.15) is 37.3 Å². The Morgan fingerprint density at radius 1 is 1.50 bits per heavy atom. The molecule has 1 rings (SSSR count). The molecule has 6 nitrogen and oxygen atoms in total. The van der Waals surface area contributed by atoms with E-state index in [9.17, 15) is 4.79 Å². The van der Waals surface area contributed by atoms with Gasteiger partial charge in [-0.05, 0) is 25.9 Å². The van der Waals surface area contributed by atoms with E-state index in [1.54, 1.807) is 14.0 Å². The first-order valence-electron chi connectivity index (χ1n) is 5.03. The van der Waals surface area contributed by atoms with Crippen LogP contribution in [0.2, 0.25) is 0 Å². The van der Waals surface area contributed by atoms with Crippen molar-refractivity contribution in [2.45, 2.75) is 32.8 Å². The van der Waals surface area contributed by atoms with Crippen molar-refractivity contribution < 1.29 is 18.8 Å². The van der Waals surface area contributed by atoms with Crippen LogP contribution >= 0.6 is 0 Å². The van der Waals surface area contributed by atoms with Gasteiger partial charge in [-0.1, -0.05) is 0 Å². The summed E-state index contributed by atoms with van der Waals surface area (Å²) in [7, 11) is 1.60. The molecule has 1 aromatic rings. The highest BCUT2D eigenvalue weighted by molar-refractivity contribution is 5.84. The summed E-state index contributed by atoms with van der Waals surface area (Å²) in [6.07, 6.45) is 0.440. The van der Waals surface area contributed by atoms with Gasteiger partial charge in [0.25, 0.3) is 5.82 Å². The molecule has 0 amide bonds. The van der Waals surface area contributed by atoms with Crippen molar-refractivity contribution >= 4 is 5.97 Å². The minimum atomic E-state index is -0.576. The Hall–Kier alpha value is -1.43. The lowest BCUT2D eigenvalue weighted by atomic mass is 10.1. The minimum absolute atomic E-state index is 0.0521. The van der Waals surface area contributed by atoms with Gasteiger partial charge in [0.15, 0.2) is 0 Å². The molecule has 0 spiro atoms. The van der Waals surface area contributed by atoms with Crippen LogP contribution in [0.15, 0.2) is 4.52 Å². The molecule has 0 N–H and O–H groups in total. The van der Waals surface area contributed by atoms with E-state index in [0.29, 0.717) is 12.3 Å². The smallest absolute Gasteiger partial charge is 0.379 e. The third kappa shape index (κ3) is 3.30. The van der Waals surface area contributed by atoms with Crippen LogP contribution in [0.4, 0.5) is 0 Å². The molecule has 0 bridgehead atoms. The van der Waals surface area contributed by atoms with E-state index in [2.05, 4.69) is 10.1 Å². The second-order valence-corrected chi connectivity index (χ2v) is 3.87. The average Bonchev–Trinajstić information content (AvgIpc) is 2.66. The maximum atomic E-state index is 11.3.